The van der Waals surface area contributed by atoms with Crippen LogP contribution in [0.4, 0.5) is 25.8 Å². The van der Waals surface area contributed by atoms with Crippen molar-refractivity contribution in [2.75, 3.05) is 42.9 Å². The molecule has 158 valence electrons. The molecule has 2 aromatic carbocycles. The van der Waals surface area contributed by atoms with Crippen molar-refractivity contribution in [3.63, 3.8) is 0 Å². The van der Waals surface area contributed by atoms with E-state index in [0.717, 1.165) is 32.7 Å². The van der Waals surface area contributed by atoms with Crippen LogP contribution < -0.4 is 10.2 Å². The second kappa shape index (κ2) is 8.92. The molecular formula is C23H26F2N4O. The summed E-state index contributed by atoms with van der Waals surface area (Å²) >= 11 is 0. The molecule has 0 aromatic heterocycles. The number of halogens is 2. The van der Waals surface area contributed by atoms with Gasteiger partial charge in [0.05, 0.1) is 11.4 Å². The number of nitrogens with one attached hydrogen (secondary N) is 1. The molecule has 0 radical (unpaired) electrons. The topological polar surface area (TPSA) is 47.9 Å². The molecule has 1 N–H and O–H groups in total. The number of carbonyl (C=O) groups is 1. The van der Waals surface area contributed by atoms with E-state index in [1.165, 1.54) is 31.2 Å². The Hall–Kier alpha value is -2.80. The summed E-state index contributed by atoms with van der Waals surface area (Å²) in [5.41, 5.74) is 1.70. The van der Waals surface area contributed by atoms with Crippen LogP contribution in [0.2, 0.25) is 0 Å². The Morgan fingerprint density at radius 3 is 2.67 bits per heavy atom. The summed E-state index contributed by atoms with van der Waals surface area (Å²) in [6.07, 6.45) is 3.75. The first-order valence-corrected chi connectivity index (χ1v) is 10.5. The summed E-state index contributed by atoms with van der Waals surface area (Å²) in [7, 11) is 0. The highest BCUT2D eigenvalue weighted by Crippen LogP contribution is 2.34. The number of piperazine rings is 1. The van der Waals surface area contributed by atoms with E-state index in [-0.39, 0.29) is 17.3 Å². The summed E-state index contributed by atoms with van der Waals surface area (Å²) in [5, 5.41) is 2.65. The SMILES string of the molecule is CCCCN1CCN(c2ccc(N=CC3C(=O)Nc4cccc(F)c43)cc2F)CC1. The average Bonchev–Trinajstić information content (AvgIpc) is 3.07. The summed E-state index contributed by atoms with van der Waals surface area (Å²) in [6.45, 7) is 6.73. The van der Waals surface area contributed by atoms with E-state index >= 15 is 0 Å². The predicted octanol–water partition coefficient (Wildman–Crippen LogP) is 4.33. The van der Waals surface area contributed by atoms with Gasteiger partial charge >= 0.3 is 0 Å². The second-order valence-corrected chi connectivity index (χ2v) is 7.76. The normalized spacial score (nSPS) is 19.4. The Balaban J connectivity index is 1.44. The van der Waals surface area contributed by atoms with Gasteiger partial charge in [-0.2, -0.15) is 0 Å². The van der Waals surface area contributed by atoms with Crippen LogP contribution in [0.1, 0.15) is 31.2 Å². The Kier molecular flexibility index (Phi) is 6.08. The lowest BCUT2D eigenvalue weighted by Crippen LogP contribution is -2.46. The van der Waals surface area contributed by atoms with E-state index in [4.69, 9.17) is 0 Å². The Morgan fingerprint density at radius 1 is 1.13 bits per heavy atom. The molecule has 0 saturated carbocycles. The van der Waals surface area contributed by atoms with Crippen LogP contribution in [-0.4, -0.2) is 49.7 Å². The van der Waals surface area contributed by atoms with Crippen molar-refractivity contribution >= 4 is 29.2 Å². The van der Waals surface area contributed by atoms with Gasteiger partial charge in [-0.1, -0.05) is 19.4 Å². The van der Waals surface area contributed by atoms with Gasteiger partial charge in [0.2, 0.25) is 5.91 Å². The fourth-order valence-electron chi connectivity index (χ4n) is 4.03. The van der Waals surface area contributed by atoms with Crippen molar-refractivity contribution in [3.05, 3.63) is 53.6 Å². The lowest BCUT2D eigenvalue weighted by molar-refractivity contribution is -0.115. The maximum atomic E-state index is 14.7. The zero-order valence-corrected chi connectivity index (χ0v) is 17.1. The minimum atomic E-state index is -0.819. The number of hydrogen-bond acceptors (Lipinski definition) is 4. The molecule has 30 heavy (non-hydrogen) atoms. The largest absolute Gasteiger partial charge is 0.367 e. The van der Waals surface area contributed by atoms with Crippen LogP contribution in [0.3, 0.4) is 0 Å². The summed E-state index contributed by atoms with van der Waals surface area (Å²) in [4.78, 5) is 20.9. The third-order valence-corrected chi connectivity index (χ3v) is 5.75. The number of fused-ring (bicyclic) bond motifs is 1. The Bertz CT molecular complexity index is 954. The molecule has 7 heteroatoms. The summed E-state index contributed by atoms with van der Waals surface area (Å²) in [6, 6.07) is 9.34. The van der Waals surface area contributed by atoms with Crippen LogP contribution in [0.25, 0.3) is 0 Å². The van der Waals surface area contributed by atoms with Crippen molar-refractivity contribution in [2.24, 2.45) is 4.99 Å². The van der Waals surface area contributed by atoms with Gasteiger partial charge in [-0.05, 0) is 37.2 Å². The molecule has 2 heterocycles. The fourth-order valence-corrected chi connectivity index (χ4v) is 4.03. The van der Waals surface area contributed by atoms with E-state index in [9.17, 15) is 13.6 Å². The standard InChI is InChI=1S/C23H26F2N4O/c1-2-3-9-28-10-12-29(13-11-28)21-8-7-16(14-19(21)25)26-15-17-22-18(24)5-4-6-20(22)27-23(17)30/h4-8,14-15,17H,2-3,9-13H2,1H3,(H,27,30). The first kappa shape index (κ1) is 20.5. The van der Waals surface area contributed by atoms with Gasteiger partial charge in [0, 0.05) is 49.7 Å². The number of amides is 1. The molecule has 1 atom stereocenters. The van der Waals surface area contributed by atoms with Gasteiger partial charge in [0.15, 0.2) is 0 Å². The quantitative estimate of drug-likeness (QED) is 0.719. The van der Waals surface area contributed by atoms with Gasteiger partial charge < -0.3 is 10.2 Å². The Labute approximate surface area is 175 Å². The molecule has 2 aliphatic heterocycles. The van der Waals surface area contributed by atoms with Crippen molar-refractivity contribution < 1.29 is 13.6 Å². The minimum absolute atomic E-state index is 0.282. The van der Waals surface area contributed by atoms with E-state index < -0.39 is 11.7 Å². The van der Waals surface area contributed by atoms with E-state index in [1.54, 1.807) is 24.3 Å². The molecule has 0 spiro atoms. The number of anilines is 2. The maximum absolute atomic E-state index is 14.7. The van der Waals surface area contributed by atoms with Gasteiger partial charge in [0.25, 0.3) is 0 Å². The zero-order valence-electron chi connectivity index (χ0n) is 17.1. The van der Waals surface area contributed by atoms with Crippen LogP contribution >= 0.6 is 0 Å². The lowest BCUT2D eigenvalue weighted by Gasteiger charge is -2.36. The molecule has 4 rings (SSSR count). The highest BCUT2D eigenvalue weighted by atomic mass is 19.1. The van der Waals surface area contributed by atoms with Crippen LogP contribution in [0, 0.1) is 11.6 Å². The van der Waals surface area contributed by atoms with E-state index in [1.807, 2.05) is 0 Å². The maximum Gasteiger partial charge on any atom is 0.237 e. The van der Waals surface area contributed by atoms with Crippen LogP contribution in [0.5, 0.6) is 0 Å². The first-order valence-electron chi connectivity index (χ1n) is 10.5. The number of rotatable bonds is 6. The molecule has 1 amide bonds. The monoisotopic (exact) mass is 412 g/mol. The minimum Gasteiger partial charge on any atom is -0.367 e. The number of hydrogen-bond donors (Lipinski definition) is 1. The molecular weight excluding hydrogens is 386 g/mol. The average molecular weight is 412 g/mol. The molecule has 1 saturated heterocycles. The van der Waals surface area contributed by atoms with Gasteiger partial charge in [-0.25, -0.2) is 8.78 Å². The number of aliphatic imine (C=N–C) groups is 1. The zero-order chi connectivity index (χ0) is 21.1. The van der Waals surface area contributed by atoms with Crippen molar-refractivity contribution in [3.8, 4) is 0 Å². The van der Waals surface area contributed by atoms with E-state index in [2.05, 4.69) is 27.0 Å². The molecule has 2 aromatic rings. The van der Waals surface area contributed by atoms with Crippen molar-refractivity contribution in [2.45, 2.75) is 25.7 Å². The van der Waals surface area contributed by atoms with Gasteiger partial charge in [0.1, 0.15) is 17.6 Å². The fraction of sp³-hybridized carbons (Fsp3) is 0.391. The molecule has 1 fully saturated rings. The smallest absolute Gasteiger partial charge is 0.237 e. The second-order valence-electron chi connectivity index (χ2n) is 7.76. The van der Waals surface area contributed by atoms with Crippen molar-refractivity contribution in [1.82, 2.24) is 4.90 Å². The van der Waals surface area contributed by atoms with Crippen LogP contribution in [0.15, 0.2) is 41.4 Å². The van der Waals surface area contributed by atoms with Crippen molar-refractivity contribution in [1.29, 1.82) is 0 Å². The predicted molar refractivity (Wildman–Crippen MR) is 116 cm³/mol. The summed E-state index contributed by atoms with van der Waals surface area (Å²) in [5.74, 6) is -1.95. The Morgan fingerprint density at radius 2 is 1.93 bits per heavy atom. The van der Waals surface area contributed by atoms with E-state index in [0.29, 0.717) is 17.1 Å². The van der Waals surface area contributed by atoms with Gasteiger partial charge in [-0.3, -0.25) is 14.7 Å². The highest BCUT2D eigenvalue weighted by Gasteiger charge is 2.31. The van der Waals surface area contributed by atoms with Crippen LogP contribution in [-0.2, 0) is 4.79 Å². The molecule has 2 aliphatic rings. The highest BCUT2D eigenvalue weighted by molar-refractivity contribution is 6.12. The molecule has 0 aliphatic carbocycles. The van der Waals surface area contributed by atoms with Gasteiger partial charge in [-0.15, -0.1) is 0 Å². The third-order valence-electron chi connectivity index (χ3n) is 5.75. The number of nitrogens with zero attached hydrogens (tertiary/aromatic N) is 3. The summed E-state index contributed by atoms with van der Waals surface area (Å²) < 4.78 is 28.9. The first-order chi connectivity index (χ1) is 14.6. The molecule has 1 unspecified atom stereocenters. The number of carbonyl (C=O) groups excluding carboxylic acids is 1. The molecule has 0 bridgehead atoms. The third kappa shape index (κ3) is 4.21. The number of benzene rings is 2. The number of unbranched alkanes of at least 4 members (excludes halogenated alkanes) is 1. The lowest BCUT2D eigenvalue weighted by atomic mass is 10.0. The molecule has 5 nitrogen and oxygen atoms in total.